The second-order valence-electron chi connectivity index (χ2n) is 6.47. The standard InChI is InChI=1S/C20H21N3O3/c1-12-7-8-15(13(2)11-12)21-18(24)10-9-17-20(26)22-16-6-4-3-5-14(16)19(25)23-17/h3-8,11,17H,9-10H2,1-2H3,(H,21,24)(H,22,26)(H,23,25)/t17-/m1/s1. The van der Waals surface area contributed by atoms with E-state index in [4.69, 9.17) is 0 Å². The van der Waals surface area contributed by atoms with Crippen LogP contribution in [0.5, 0.6) is 0 Å². The van der Waals surface area contributed by atoms with Crippen LogP contribution in [0.4, 0.5) is 11.4 Å². The van der Waals surface area contributed by atoms with Crippen LogP contribution in [-0.2, 0) is 9.59 Å². The predicted molar refractivity (Wildman–Crippen MR) is 100 cm³/mol. The Kier molecular flexibility index (Phi) is 5.02. The molecule has 0 aromatic heterocycles. The number of aryl methyl sites for hydroxylation is 2. The van der Waals surface area contributed by atoms with Crippen LogP contribution in [-0.4, -0.2) is 23.8 Å². The molecule has 2 aromatic carbocycles. The summed E-state index contributed by atoms with van der Waals surface area (Å²) < 4.78 is 0. The van der Waals surface area contributed by atoms with Gasteiger partial charge in [-0.15, -0.1) is 0 Å². The lowest BCUT2D eigenvalue weighted by Gasteiger charge is -2.15. The molecule has 3 N–H and O–H groups in total. The van der Waals surface area contributed by atoms with Crippen molar-refractivity contribution < 1.29 is 14.4 Å². The Bertz CT molecular complexity index is 876. The van der Waals surface area contributed by atoms with E-state index in [1.54, 1.807) is 24.3 Å². The van der Waals surface area contributed by atoms with Crippen molar-refractivity contribution in [3.8, 4) is 0 Å². The third kappa shape index (κ3) is 3.91. The number of rotatable bonds is 4. The Balaban J connectivity index is 1.61. The van der Waals surface area contributed by atoms with E-state index in [1.807, 2.05) is 32.0 Å². The molecule has 0 saturated heterocycles. The Morgan fingerprint density at radius 2 is 1.88 bits per heavy atom. The summed E-state index contributed by atoms with van der Waals surface area (Å²) in [6.07, 6.45) is 0.352. The van der Waals surface area contributed by atoms with Gasteiger partial charge in [0.1, 0.15) is 6.04 Å². The quantitative estimate of drug-likeness (QED) is 0.791. The molecular formula is C20H21N3O3. The van der Waals surface area contributed by atoms with E-state index in [0.717, 1.165) is 16.8 Å². The first-order valence-corrected chi connectivity index (χ1v) is 8.52. The third-order valence-corrected chi connectivity index (χ3v) is 4.37. The minimum atomic E-state index is -0.750. The smallest absolute Gasteiger partial charge is 0.254 e. The second-order valence-corrected chi connectivity index (χ2v) is 6.47. The number of hydrogen-bond donors (Lipinski definition) is 3. The van der Waals surface area contributed by atoms with Gasteiger partial charge in [0.15, 0.2) is 0 Å². The molecule has 3 amide bonds. The van der Waals surface area contributed by atoms with Crippen molar-refractivity contribution in [1.29, 1.82) is 0 Å². The zero-order chi connectivity index (χ0) is 18.7. The lowest BCUT2D eigenvalue weighted by molar-refractivity contribution is -0.118. The minimum Gasteiger partial charge on any atom is -0.340 e. The summed E-state index contributed by atoms with van der Waals surface area (Å²) in [6, 6.07) is 11.9. The number of anilines is 2. The first kappa shape index (κ1) is 17.7. The maximum absolute atomic E-state index is 12.3. The molecule has 26 heavy (non-hydrogen) atoms. The molecule has 0 bridgehead atoms. The van der Waals surface area contributed by atoms with E-state index >= 15 is 0 Å². The number of carbonyl (C=O) groups excluding carboxylic acids is 3. The van der Waals surface area contributed by atoms with Crippen molar-refractivity contribution in [3.05, 3.63) is 59.2 Å². The largest absolute Gasteiger partial charge is 0.340 e. The van der Waals surface area contributed by atoms with Crippen LogP contribution in [0, 0.1) is 13.8 Å². The molecular weight excluding hydrogens is 330 g/mol. The summed E-state index contributed by atoms with van der Waals surface area (Å²) >= 11 is 0. The fourth-order valence-corrected chi connectivity index (χ4v) is 2.96. The maximum Gasteiger partial charge on any atom is 0.254 e. The fourth-order valence-electron chi connectivity index (χ4n) is 2.96. The molecule has 134 valence electrons. The van der Waals surface area contributed by atoms with E-state index in [9.17, 15) is 14.4 Å². The number of benzene rings is 2. The summed E-state index contributed by atoms with van der Waals surface area (Å²) in [5, 5.41) is 8.28. The van der Waals surface area contributed by atoms with E-state index in [-0.39, 0.29) is 30.6 Å². The summed E-state index contributed by atoms with van der Waals surface area (Å²) in [5.41, 5.74) is 3.76. The molecule has 1 aliphatic rings. The lowest BCUT2D eigenvalue weighted by atomic mass is 10.1. The van der Waals surface area contributed by atoms with Crippen molar-refractivity contribution >= 4 is 29.1 Å². The Labute approximate surface area is 152 Å². The molecule has 1 aliphatic heterocycles. The predicted octanol–water partition coefficient (Wildman–Crippen LogP) is 2.77. The highest BCUT2D eigenvalue weighted by molar-refractivity contribution is 6.10. The molecule has 0 unspecified atom stereocenters. The van der Waals surface area contributed by atoms with Crippen LogP contribution in [0.1, 0.15) is 34.3 Å². The zero-order valence-corrected chi connectivity index (χ0v) is 14.8. The molecule has 1 heterocycles. The molecule has 0 radical (unpaired) electrons. The third-order valence-electron chi connectivity index (χ3n) is 4.37. The number of hydrogen-bond acceptors (Lipinski definition) is 3. The van der Waals surface area contributed by atoms with Gasteiger partial charge in [-0.2, -0.15) is 0 Å². The van der Waals surface area contributed by atoms with Crippen molar-refractivity contribution in [2.45, 2.75) is 32.7 Å². The van der Waals surface area contributed by atoms with E-state index in [1.165, 1.54) is 0 Å². The number of carbonyl (C=O) groups is 3. The fraction of sp³-hybridized carbons (Fsp3) is 0.250. The first-order chi connectivity index (χ1) is 12.4. The van der Waals surface area contributed by atoms with Gasteiger partial charge in [0.25, 0.3) is 5.91 Å². The lowest BCUT2D eigenvalue weighted by Crippen LogP contribution is -2.41. The van der Waals surface area contributed by atoms with Gasteiger partial charge in [0, 0.05) is 12.1 Å². The number of nitrogens with one attached hydrogen (secondary N) is 3. The Hall–Kier alpha value is -3.15. The number of amides is 3. The van der Waals surface area contributed by atoms with Crippen LogP contribution in [0.25, 0.3) is 0 Å². The molecule has 1 atom stereocenters. The maximum atomic E-state index is 12.3. The summed E-state index contributed by atoms with van der Waals surface area (Å²) in [4.78, 5) is 36.8. The van der Waals surface area contributed by atoms with Gasteiger partial charge in [0.05, 0.1) is 11.3 Å². The van der Waals surface area contributed by atoms with Crippen molar-refractivity contribution in [2.75, 3.05) is 10.6 Å². The second kappa shape index (κ2) is 7.39. The molecule has 2 aromatic rings. The molecule has 0 fully saturated rings. The molecule has 6 nitrogen and oxygen atoms in total. The van der Waals surface area contributed by atoms with E-state index in [0.29, 0.717) is 11.3 Å². The van der Waals surface area contributed by atoms with Gasteiger partial charge >= 0.3 is 0 Å². The average Bonchev–Trinajstić information content (AvgIpc) is 2.72. The monoisotopic (exact) mass is 351 g/mol. The molecule has 6 heteroatoms. The van der Waals surface area contributed by atoms with Crippen LogP contribution in [0.2, 0.25) is 0 Å². The van der Waals surface area contributed by atoms with E-state index < -0.39 is 6.04 Å². The van der Waals surface area contributed by atoms with Gasteiger partial charge in [-0.25, -0.2) is 0 Å². The molecule has 3 rings (SSSR count). The van der Waals surface area contributed by atoms with Gasteiger partial charge in [-0.1, -0.05) is 29.8 Å². The molecule has 0 saturated carbocycles. The topological polar surface area (TPSA) is 87.3 Å². The highest BCUT2D eigenvalue weighted by Crippen LogP contribution is 2.20. The van der Waals surface area contributed by atoms with Gasteiger partial charge in [-0.05, 0) is 44.0 Å². The van der Waals surface area contributed by atoms with Crippen molar-refractivity contribution in [2.24, 2.45) is 0 Å². The SMILES string of the molecule is Cc1ccc(NC(=O)CC[C@H]2NC(=O)c3ccccc3NC2=O)c(C)c1. The van der Waals surface area contributed by atoms with E-state index in [2.05, 4.69) is 16.0 Å². The highest BCUT2D eigenvalue weighted by atomic mass is 16.2. The van der Waals surface area contributed by atoms with Crippen molar-refractivity contribution in [1.82, 2.24) is 5.32 Å². The summed E-state index contributed by atoms with van der Waals surface area (Å²) in [6.45, 7) is 3.92. The normalized spacial score (nSPS) is 16.2. The molecule has 0 aliphatic carbocycles. The summed E-state index contributed by atoms with van der Waals surface area (Å²) in [7, 11) is 0. The Morgan fingerprint density at radius 3 is 2.65 bits per heavy atom. The van der Waals surface area contributed by atoms with Crippen LogP contribution in [0.15, 0.2) is 42.5 Å². The average molecular weight is 351 g/mol. The molecule has 0 spiro atoms. The Morgan fingerprint density at radius 1 is 1.12 bits per heavy atom. The van der Waals surface area contributed by atoms with Crippen molar-refractivity contribution in [3.63, 3.8) is 0 Å². The van der Waals surface area contributed by atoms with Gasteiger partial charge in [0.2, 0.25) is 11.8 Å². The highest BCUT2D eigenvalue weighted by Gasteiger charge is 2.27. The number of fused-ring (bicyclic) bond motifs is 1. The first-order valence-electron chi connectivity index (χ1n) is 8.52. The number of para-hydroxylation sites is 1. The summed E-state index contributed by atoms with van der Waals surface area (Å²) in [5.74, 6) is -0.831. The van der Waals surface area contributed by atoms with Gasteiger partial charge < -0.3 is 16.0 Å². The van der Waals surface area contributed by atoms with Crippen LogP contribution in [0.3, 0.4) is 0 Å². The van der Waals surface area contributed by atoms with Gasteiger partial charge in [-0.3, -0.25) is 14.4 Å². The van der Waals surface area contributed by atoms with Crippen LogP contribution < -0.4 is 16.0 Å². The minimum absolute atomic E-state index is 0.127. The van der Waals surface area contributed by atoms with Crippen LogP contribution >= 0.6 is 0 Å². The zero-order valence-electron chi connectivity index (χ0n) is 14.8.